The van der Waals surface area contributed by atoms with Crippen LogP contribution in [0, 0.1) is 6.92 Å². The molecule has 2 aliphatic heterocycles. The molecule has 4 rings (SSSR count). The average Bonchev–Trinajstić information content (AvgIpc) is 3.14. The summed E-state index contributed by atoms with van der Waals surface area (Å²) in [5.41, 5.74) is 2.22. The Balaban J connectivity index is 1.81. The van der Waals surface area contributed by atoms with Crippen molar-refractivity contribution in [1.82, 2.24) is 10.6 Å². The van der Waals surface area contributed by atoms with Crippen molar-refractivity contribution in [3.8, 4) is 0 Å². The smallest absolute Gasteiger partial charge is 0.321 e. The molecule has 2 aromatic rings. The number of carbonyl (C=O) groups is 2. The van der Waals surface area contributed by atoms with E-state index < -0.39 is 23.6 Å². The summed E-state index contributed by atoms with van der Waals surface area (Å²) in [5, 5.41) is 5.31. The molecule has 0 unspecified atom stereocenters. The normalized spacial score (nSPS) is 16.6. The van der Waals surface area contributed by atoms with Gasteiger partial charge in [-0.1, -0.05) is 42.0 Å². The van der Waals surface area contributed by atoms with Crippen molar-refractivity contribution in [2.24, 2.45) is 0 Å². The van der Waals surface area contributed by atoms with Crippen LogP contribution in [0.15, 0.2) is 59.7 Å². The lowest BCUT2D eigenvalue weighted by atomic mass is 10.0. The van der Waals surface area contributed by atoms with Crippen molar-refractivity contribution < 1.29 is 22.8 Å². The lowest BCUT2D eigenvalue weighted by Gasteiger charge is -2.09. The zero-order valence-corrected chi connectivity index (χ0v) is 14.1. The molecule has 4 nitrogen and oxygen atoms in total. The number of hydrogen-bond acceptors (Lipinski definition) is 2. The second kappa shape index (κ2) is 5.84. The van der Waals surface area contributed by atoms with Crippen LogP contribution in [0.25, 0.3) is 11.4 Å². The summed E-state index contributed by atoms with van der Waals surface area (Å²) in [5.74, 6) is -0.928. The molecule has 0 saturated carbocycles. The van der Waals surface area contributed by atoms with E-state index >= 15 is 0 Å². The standard InChI is InChI=1S/C20H13F3N2O2/c1-10-2-4-11(5-3-10)16-14-15(19(27)24-16)17(25-18(14)26)12-6-8-13(9-7-12)20(21,22)23/h2-9H,1H3,(H,24,27)(H,25,26). The molecule has 0 aliphatic carbocycles. The Bertz CT molecular complexity index is 1030. The number of hydrogen-bond donors (Lipinski definition) is 2. The number of carbonyl (C=O) groups excluding carboxylic acids is 2. The number of fused-ring (bicyclic) bond motifs is 1. The second-order valence-electron chi connectivity index (χ2n) is 6.35. The minimum atomic E-state index is -4.45. The van der Waals surface area contributed by atoms with E-state index in [0.717, 1.165) is 17.7 Å². The fourth-order valence-electron chi connectivity index (χ4n) is 3.16. The predicted octanol–water partition coefficient (Wildman–Crippen LogP) is 3.40. The third-order valence-electron chi connectivity index (χ3n) is 4.52. The average molecular weight is 370 g/mol. The molecule has 2 aromatic carbocycles. The number of halogens is 3. The molecular formula is C20H13F3N2O2. The zero-order valence-electron chi connectivity index (χ0n) is 14.1. The van der Waals surface area contributed by atoms with Crippen molar-refractivity contribution >= 4 is 23.2 Å². The molecule has 0 saturated heterocycles. The molecule has 136 valence electrons. The monoisotopic (exact) mass is 370 g/mol. The lowest BCUT2D eigenvalue weighted by molar-refractivity contribution is -0.137. The first-order valence-corrected chi connectivity index (χ1v) is 8.12. The van der Waals surface area contributed by atoms with E-state index in [1.54, 1.807) is 12.1 Å². The first-order valence-electron chi connectivity index (χ1n) is 8.12. The van der Waals surface area contributed by atoms with Crippen LogP contribution >= 0.6 is 0 Å². The van der Waals surface area contributed by atoms with Gasteiger partial charge in [0.1, 0.15) is 0 Å². The van der Waals surface area contributed by atoms with Gasteiger partial charge in [0.25, 0.3) is 11.8 Å². The molecule has 27 heavy (non-hydrogen) atoms. The molecule has 0 aromatic heterocycles. The largest absolute Gasteiger partial charge is 0.416 e. The molecule has 2 amide bonds. The van der Waals surface area contributed by atoms with E-state index in [2.05, 4.69) is 10.6 Å². The van der Waals surface area contributed by atoms with Gasteiger partial charge in [-0.05, 0) is 30.2 Å². The summed E-state index contributed by atoms with van der Waals surface area (Å²) in [6.45, 7) is 1.92. The van der Waals surface area contributed by atoms with Gasteiger partial charge in [-0.25, -0.2) is 0 Å². The maximum absolute atomic E-state index is 12.7. The highest BCUT2D eigenvalue weighted by atomic mass is 19.4. The molecule has 0 atom stereocenters. The molecule has 0 bridgehead atoms. The molecular weight excluding hydrogens is 357 g/mol. The van der Waals surface area contributed by atoms with Crippen LogP contribution in [-0.2, 0) is 15.8 Å². The van der Waals surface area contributed by atoms with Gasteiger partial charge >= 0.3 is 6.18 Å². The van der Waals surface area contributed by atoms with E-state index in [0.29, 0.717) is 16.8 Å². The third kappa shape index (κ3) is 2.81. The minimum Gasteiger partial charge on any atom is -0.321 e. The van der Waals surface area contributed by atoms with Crippen molar-refractivity contribution in [1.29, 1.82) is 0 Å². The molecule has 2 N–H and O–H groups in total. The maximum Gasteiger partial charge on any atom is 0.416 e. The van der Waals surface area contributed by atoms with Gasteiger partial charge < -0.3 is 10.6 Å². The third-order valence-corrected chi connectivity index (χ3v) is 4.52. The van der Waals surface area contributed by atoms with E-state index in [9.17, 15) is 22.8 Å². The Morgan fingerprint density at radius 3 is 1.52 bits per heavy atom. The zero-order chi connectivity index (χ0) is 19.3. The van der Waals surface area contributed by atoms with Crippen molar-refractivity contribution in [3.05, 3.63) is 81.9 Å². The van der Waals surface area contributed by atoms with Gasteiger partial charge in [0.15, 0.2) is 0 Å². The molecule has 7 heteroatoms. The van der Waals surface area contributed by atoms with Gasteiger partial charge in [-0.3, -0.25) is 9.59 Å². The van der Waals surface area contributed by atoms with E-state index in [-0.39, 0.29) is 16.8 Å². The summed E-state index contributed by atoms with van der Waals surface area (Å²) >= 11 is 0. The van der Waals surface area contributed by atoms with Crippen molar-refractivity contribution in [3.63, 3.8) is 0 Å². The van der Waals surface area contributed by atoms with Crippen molar-refractivity contribution in [2.45, 2.75) is 13.1 Å². The summed E-state index contributed by atoms with van der Waals surface area (Å²) in [4.78, 5) is 25.0. The molecule has 0 fully saturated rings. The molecule has 0 radical (unpaired) electrons. The Morgan fingerprint density at radius 1 is 0.704 bits per heavy atom. The number of amides is 2. The fraction of sp³-hybridized carbons (Fsp3) is 0.100. The minimum absolute atomic E-state index is 0.148. The predicted molar refractivity (Wildman–Crippen MR) is 92.7 cm³/mol. The van der Waals surface area contributed by atoms with Gasteiger partial charge in [0.2, 0.25) is 0 Å². The number of benzene rings is 2. The topological polar surface area (TPSA) is 58.2 Å². The fourth-order valence-corrected chi connectivity index (χ4v) is 3.16. The van der Waals surface area contributed by atoms with Crippen LogP contribution in [0.1, 0.15) is 22.3 Å². The summed E-state index contributed by atoms with van der Waals surface area (Å²) < 4.78 is 38.2. The van der Waals surface area contributed by atoms with Crippen LogP contribution in [0.2, 0.25) is 0 Å². The van der Waals surface area contributed by atoms with Crippen LogP contribution in [-0.4, -0.2) is 11.8 Å². The van der Waals surface area contributed by atoms with Gasteiger partial charge in [0.05, 0.1) is 28.1 Å². The first-order chi connectivity index (χ1) is 12.8. The number of alkyl halides is 3. The SMILES string of the molecule is Cc1ccc(C2=C3C(=O)NC(c4ccc(C(F)(F)F)cc4)=C3C(=O)N2)cc1. The molecule has 2 heterocycles. The lowest BCUT2D eigenvalue weighted by Crippen LogP contribution is -2.21. The van der Waals surface area contributed by atoms with Crippen molar-refractivity contribution in [2.75, 3.05) is 0 Å². The number of aryl methyl sites for hydroxylation is 1. The second-order valence-corrected chi connectivity index (χ2v) is 6.35. The maximum atomic E-state index is 12.7. The Labute approximate surface area is 152 Å². The molecule has 0 spiro atoms. The molecule has 2 aliphatic rings. The Kier molecular flexibility index (Phi) is 3.69. The van der Waals surface area contributed by atoms with Crippen LogP contribution in [0.3, 0.4) is 0 Å². The van der Waals surface area contributed by atoms with Gasteiger partial charge in [0, 0.05) is 0 Å². The Hall–Kier alpha value is -3.35. The highest BCUT2D eigenvalue weighted by molar-refractivity contribution is 6.30. The quantitative estimate of drug-likeness (QED) is 0.851. The van der Waals surface area contributed by atoms with Crippen LogP contribution in [0.4, 0.5) is 13.2 Å². The van der Waals surface area contributed by atoms with E-state index in [4.69, 9.17) is 0 Å². The summed E-state index contributed by atoms with van der Waals surface area (Å²) in [7, 11) is 0. The van der Waals surface area contributed by atoms with Crippen LogP contribution < -0.4 is 10.6 Å². The summed E-state index contributed by atoms with van der Waals surface area (Å²) in [6, 6.07) is 11.6. The highest BCUT2D eigenvalue weighted by Crippen LogP contribution is 2.38. The number of rotatable bonds is 2. The van der Waals surface area contributed by atoms with Gasteiger partial charge in [-0.15, -0.1) is 0 Å². The highest BCUT2D eigenvalue weighted by Gasteiger charge is 2.41. The first kappa shape index (κ1) is 17.1. The van der Waals surface area contributed by atoms with Gasteiger partial charge in [-0.2, -0.15) is 13.2 Å². The summed E-state index contributed by atoms with van der Waals surface area (Å²) in [6.07, 6.45) is -4.45. The Morgan fingerprint density at radius 2 is 1.11 bits per heavy atom. The van der Waals surface area contributed by atoms with E-state index in [1.807, 2.05) is 19.1 Å². The van der Waals surface area contributed by atoms with E-state index in [1.165, 1.54) is 12.1 Å². The number of nitrogens with one attached hydrogen (secondary N) is 2. The van der Waals surface area contributed by atoms with Crippen LogP contribution in [0.5, 0.6) is 0 Å².